The molecule has 0 aliphatic heterocycles. The van der Waals surface area contributed by atoms with E-state index in [-0.39, 0.29) is 0 Å². The Hall–Kier alpha value is -1.13. The molecule has 2 rings (SSSR count). The van der Waals surface area contributed by atoms with Crippen molar-refractivity contribution >= 4 is 11.3 Å². The molecule has 0 atom stereocenters. The average molecular weight is 208 g/mol. The number of nitrogens with zero attached hydrogens (tertiary/aromatic N) is 1. The van der Waals surface area contributed by atoms with Gasteiger partial charge in [0.1, 0.15) is 16.5 Å². The maximum absolute atomic E-state index is 5.48. The standard InChI is InChI=1S/C10H12N2OS/c1-7-3-4-9(13-7)8-6-14-10(12-8)5-11-2/h3-4,6,11H,5H2,1-2H3. The highest BCUT2D eigenvalue weighted by Gasteiger charge is 2.06. The average Bonchev–Trinajstić information content (AvgIpc) is 2.74. The fourth-order valence-electron chi connectivity index (χ4n) is 1.23. The Bertz CT molecular complexity index is 419. The molecule has 4 heteroatoms. The molecule has 3 nitrogen and oxygen atoms in total. The lowest BCUT2D eigenvalue weighted by Gasteiger charge is -1.91. The van der Waals surface area contributed by atoms with Crippen molar-refractivity contribution in [3.05, 3.63) is 28.3 Å². The summed E-state index contributed by atoms with van der Waals surface area (Å²) in [7, 11) is 1.91. The molecular formula is C10H12N2OS. The molecule has 0 fully saturated rings. The van der Waals surface area contributed by atoms with Gasteiger partial charge < -0.3 is 9.73 Å². The van der Waals surface area contributed by atoms with Crippen molar-refractivity contribution < 1.29 is 4.42 Å². The number of rotatable bonds is 3. The first-order valence-corrected chi connectivity index (χ1v) is 5.33. The molecular weight excluding hydrogens is 196 g/mol. The van der Waals surface area contributed by atoms with E-state index in [4.69, 9.17) is 4.42 Å². The van der Waals surface area contributed by atoms with E-state index in [2.05, 4.69) is 10.3 Å². The number of aryl methyl sites for hydroxylation is 1. The summed E-state index contributed by atoms with van der Waals surface area (Å²) in [5, 5.41) is 6.17. The molecule has 0 spiro atoms. The van der Waals surface area contributed by atoms with Gasteiger partial charge in [-0.15, -0.1) is 11.3 Å². The number of hydrogen-bond donors (Lipinski definition) is 1. The third-order valence-electron chi connectivity index (χ3n) is 1.87. The number of furan rings is 1. The maximum atomic E-state index is 5.48. The van der Waals surface area contributed by atoms with Crippen LogP contribution in [-0.2, 0) is 6.54 Å². The zero-order valence-corrected chi connectivity index (χ0v) is 9.02. The second-order valence-corrected chi connectivity index (χ2v) is 4.01. The molecule has 0 unspecified atom stereocenters. The van der Waals surface area contributed by atoms with Crippen molar-refractivity contribution in [2.45, 2.75) is 13.5 Å². The fourth-order valence-corrected chi connectivity index (χ4v) is 2.02. The lowest BCUT2D eigenvalue weighted by Crippen LogP contribution is -2.04. The van der Waals surface area contributed by atoms with E-state index in [1.807, 2.05) is 31.5 Å². The molecule has 74 valence electrons. The normalized spacial score (nSPS) is 10.7. The summed E-state index contributed by atoms with van der Waals surface area (Å²) < 4.78 is 5.48. The molecule has 0 bridgehead atoms. The van der Waals surface area contributed by atoms with Gasteiger partial charge >= 0.3 is 0 Å². The van der Waals surface area contributed by atoms with Crippen LogP contribution in [0, 0.1) is 6.92 Å². The molecule has 1 N–H and O–H groups in total. The van der Waals surface area contributed by atoms with Gasteiger partial charge in [-0.2, -0.15) is 0 Å². The van der Waals surface area contributed by atoms with Crippen molar-refractivity contribution in [1.82, 2.24) is 10.3 Å². The molecule has 0 radical (unpaired) electrons. The summed E-state index contributed by atoms with van der Waals surface area (Å²) in [6.07, 6.45) is 0. The molecule has 0 aliphatic rings. The van der Waals surface area contributed by atoms with E-state index in [1.165, 1.54) is 0 Å². The molecule has 2 aromatic rings. The van der Waals surface area contributed by atoms with Crippen LogP contribution in [0.5, 0.6) is 0 Å². The highest BCUT2D eigenvalue weighted by Crippen LogP contribution is 2.23. The Kier molecular flexibility index (Phi) is 2.65. The first kappa shape index (κ1) is 9.43. The Morgan fingerprint density at radius 3 is 3.00 bits per heavy atom. The van der Waals surface area contributed by atoms with Crippen molar-refractivity contribution in [2.75, 3.05) is 7.05 Å². The van der Waals surface area contributed by atoms with Crippen molar-refractivity contribution in [3.63, 3.8) is 0 Å². The highest BCUT2D eigenvalue weighted by molar-refractivity contribution is 7.09. The summed E-state index contributed by atoms with van der Waals surface area (Å²) in [6, 6.07) is 3.90. The van der Waals surface area contributed by atoms with E-state index in [0.717, 1.165) is 28.8 Å². The van der Waals surface area contributed by atoms with Crippen LogP contribution in [0.1, 0.15) is 10.8 Å². The summed E-state index contributed by atoms with van der Waals surface area (Å²) in [6.45, 7) is 2.74. The summed E-state index contributed by atoms with van der Waals surface area (Å²) in [5.74, 6) is 1.77. The number of aromatic nitrogens is 1. The van der Waals surface area contributed by atoms with Crippen LogP contribution in [0.4, 0.5) is 0 Å². The number of nitrogens with one attached hydrogen (secondary N) is 1. The van der Waals surface area contributed by atoms with E-state index in [9.17, 15) is 0 Å². The molecule has 0 saturated heterocycles. The zero-order valence-electron chi connectivity index (χ0n) is 8.20. The van der Waals surface area contributed by atoms with E-state index in [1.54, 1.807) is 11.3 Å². The van der Waals surface area contributed by atoms with Crippen molar-refractivity contribution in [3.8, 4) is 11.5 Å². The Balaban J connectivity index is 2.24. The van der Waals surface area contributed by atoms with Gasteiger partial charge in [-0.3, -0.25) is 0 Å². The van der Waals surface area contributed by atoms with Gasteiger partial charge in [-0.1, -0.05) is 0 Å². The van der Waals surface area contributed by atoms with Gasteiger partial charge in [-0.05, 0) is 26.1 Å². The van der Waals surface area contributed by atoms with Crippen LogP contribution < -0.4 is 5.32 Å². The van der Waals surface area contributed by atoms with Gasteiger partial charge in [-0.25, -0.2) is 4.98 Å². The van der Waals surface area contributed by atoms with E-state index < -0.39 is 0 Å². The predicted octanol–water partition coefficient (Wildman–Crippen LogP) is 2.43. The zero-order chi connectivity index (χ0) is 9.97. The lowest BCUT2D eigenvalue weighted by atomic mass is 10.3. The third kappa shape index (κ3) is 1.86. The van der Waals surface area contributed by atoms with Gasteiger partial charge in [0.2, 0.25) is 0 Å². The van der Waals surface area contributed by atoms with Crippen LogP contribution in [0.25, 0.3) is 11.5 Å². The minimum absolute atomic E-state index is 0.810. The monoisotopic (exact) mass is 208 g/mol. The van der Waals surface area contributed by atoms with Crippen LogP contribution in [-0.4, -0.2) is 12.0 Å². The Morgan fingerprint density at radius 1 is 1.50 bits per heavy atom. The second kappa shape index (κ2) is 3.94. The first-order valence-electron chi connectivity index (χ1n) is 4.45. The topological polar surface area (TPSA) is 38.1 Å². The highest BCUT2D eigenvalue weighted by atomic mass is 32.1. The van der Waals surface area contributed by atoms with Crippen LogP contribution >= 0.6 is 11.3 Å². The Labute approximate surface area is 86.8 Å². The smallest absolute Gasteiger partial charge is 0.153 e. The van der Waals surface area contributed by atoms with E-state index >= 15 is 0 Å². The molecule has 2 heterocycles. The molecule has 0 aliphatic carbocycles. The quantitative estimate of drug-likeness (QED) is 0.841. The Morgan fingerprint density at radius 2 is 2.36 bits per heavy atom. The van der Waals surface area contributed by atoms with Crippen LogP contribution in [0.2, 0.25) is 0 Å². The lowest BCUT2D eigenvalue weighted by molar-refractivity contribution is 0.546. The van der Waals surface area contributed by atoms with Crippen molar-refractivity contribution in [1.29, 1.82) is 0 Å². The second-order valence-electron chi connectivity index (χ2n) is 3.07. The van der Waals surface area contributed by atoms with Crippen molar-refractivity contribution in [2.24, 2.45) is 0 Å². The fraction of sp³-hybridized carbons (Fsp3) is 0.300. The summed E-state index contributed by atoms with van der Waals surface area (Å²) in [4.78, 5) is 4.45. The van der Waals surface area contributed by atoms with E-state index in [0.29, 0.717) is 0 Å². The summed E-state index contributed by atoms with van der Waals surface area (Å²) in [5.41, 5.74) is 0.924. The number of hydrogen-bond acceptors (Lipinski definition) is 4. The van der Waals surface area contributed by atoms with Gasteiger partial charge in [0.05, 0.1) is 0 Å². The molecule has 14 heavy (non-hydrogen) atoms. The molecule has 0 amide bonds. The molecule has 0 aromatic carbocycles. The van der Waals surface area contributed by atoms with Gasteiger partial charge in [0.25, 0.3) is 0 Å². The SMILES string of the molecule is CNCc1nc(-c2ccc(C)o2)cs1. The minimum Gasteiger partial charge on any atom is -0.460 e. The first-order chi connectivity index (χ1) is 6.79. The molecule has 0 saturated carbocycles. The van der Waals surface area contributed by atoms with Crippen LogP contribution in [0.15, 0.2) is 21.9 Å². The summed E-state index contributed by atoms with van der Waals surface area (Å²) >= 11 is 1.64. The van der Waals surface area contributed by atoms with Gasteiger partial charge in [0.15, 0.2) is 5.76 Å². The molecule has 2 aromatic heterocycles. The minimum atomic E-state index is 0.810. The maximum Gasteiger partial charge on any atom is 0.153 e. The largest absolute Gasteiger partial charge is 0.460 e. The van der Waals surface area contributed by atoms with Gasteiger partial charge in [0, 0.05) is 11.9 Å². The third-order valence-corrected chi connectivity index (χ3v) is 2.72. The number of thiazole rings is 1. The predicted molar refractivity (Wildman–Crippen MR) is 57.3 cm³/mol. The van der Waals surface area contributed by atoms with Crippen LogP contribution in [0.3, 0.4) is 0 Å².